The minimum absolute atomic E-state index is 0. The number of carbonyl (C=O) groups is 2. The van der Waals surface area contributed by atoms with E-state index in [0.29, 0.717) is 22.6 Å². The molecule has 0 radical (unpaired) electrons. The summed E-state index contributed by atoms with van der Waals surface area (Å²) in [5, 5.41) is 19.1. The molecular formula is C21H20CdO6. The number of carbonyl (C=O) groups excluding carboxylic acids is 2. The van der Waals surface area contributed by atoms with Crippen molar-refractivity contribution in [1.29, 1.82) is 0 Å². The van der Waals surface area contributed by atoms with E-state index in [2.05, 4.69) is 0 Å². The third-order valence-electron chi connectivity index (χ3n) is 3.68. The second-order valence-corrected chi connectivity index (χ2v) is 5.64. The third kappa shape index (κ3) is 6.84. The van der Waals surface area contributed by atoms with Crippen LogP contribution in [0.25, 0.3) is 12.2 Å². The number of methoxy groups -OCH3 is 2. The predicted octanol–water partition coefficient (Wildman–Crippen LogP) is 3.37. The Bertz CT molecular complexity index is 828. The van der Waals surface area contributed by atoms with Crippen molar-refractivity contribution in [1.82, 2.24) is 0 Å². The van der Waals surface area contributed by atoms with Gasteiger partial charge in [-0.15, -0.1) is 0 Å². The normalized spacial score (nSPS) is 10.6. The Morgan fingerprint density at radius 1 is 0.821 bits per heavy atom. The number of hydrogen-bond donors (Lipinski definition) is 2. The average molecular weight is 481 g/mol. The van der Waals surface area contributed by atoms with Crippen LogP contribution in [0.5, 0.6) is 23.0 Å². The van der Waals surface area contributed by atoms with Crippen LogP contribution < -0.4 is 9.47 Å². The molecule has 0 aliphatic carbocycles. The van der Waals surface area contributed by atoms with Crippen LogP contribution in [0, 0.1) is 0 Å². The van der Waals surface area contributed by atoms with E-state index in [0.717, 1.165) is 0 Å². The van der Waals surface area contributed by atoms with Crippen molar-refractivity contribution in [2.24, 2.45) is 0 Å². The van der Waals surface area contributed by atoms with Crippen molar-refractivity contribution >= 4 is 23.7 Å². The first-order valence-corrected chi connectivity index (χ1v) is 8.08. The summed E-state index contributed by atoms with van der Waals surface area (Å²) in [6.07, 6.45) is 5.44. The van der Waals surface area contributed by atoms with Crippen LogP contribution in [-0.4, -0.2) is 36.0 Å². The van der Waals surface area contributed by atoms with Gasteiger partial charge in [0.2, 0.25) is 0 Å². The molecule has 0 aliphatic rings. The predicted molar refractivity (Wildman–Crippen MR) is 102 cm³/mol. The van der Waals surface area contributed by atoms with Gasteiger partial charge in [-0.1, -0.05) is 24.3 Å². The maximum Gasteiger partial charge on any atom is 0.163 e. The minimum atomic E-state index is -0.347. The van der Waals surface area contributed by atoms with Gasteiger partial charge in [-0.2, -0.15) is 0 Å². The number of phenolic OH excluding ortho intramolecular Hbond substituents is 2. The van der Waals surface area contributed by atoms with Crippen LogP contribution in [0.15, 0.2) is 48.6 Å². The molecule has 0 aromatic heterocycles. The molecule has 0 spiro atoms. The van der Waals surface area contributed by atoms with E-state index in [1.54, 1.807) is 36.4 Å². The average Bonchev–Trinajstić information content (AvgIpc) is 2.66. The molecule has 0 unspecified atom stereocenters. The number of hydrogen-bond acceptors (Lipinski definition) is 6. The Hall–Kier alpha value is -2.62. The second-order valence-electron chi connectivity index (χ2n) is 5.64. The van der Waals surface area contributed by atoms with Crippen molar-refractivity contribution < 1.29 is 56.6 Å². The standard InChI is InChI=1S/C21H20O6.Cd/c1-26-20-11-14(5-9-18(20)24)3-7-16(22)13-17(23)8-4-15-6-10-19(25)21(12-15)27-2;/h3-12,24-25H,13H2,1-2H3;/b7-3+,8-4+;. The summed E-state index contributed by atoms with van der Waals surface area (Å²) >= 11 is 0. The topological polar surface area (TPSA) is 93.1 Å². The molecule has 2 rings (SSSR count). The molecule has 142 valence electrons. The fourth-order valence-corrected chi connectivity index (χ4v) is 2.26. The molecule has 0 amide bonds. The SMILES string of the molecule is COc1cc(/C=C/C(=O)CC(=O)/C=C/c2ccc(O)c(OC)c2)ccc1O.[Cd]. The monoisotopic (exact) mass is 482 g/mol. The quantitative estimate of drug-likeness (QED) is 0.342. The molecular weight excluding hydrogens is 461 g/mol. The molecule has 2 N–H and O–H groups in total. The first-order valence-electron chi connectivity index (χ1n) is 8.08. The van der Waals surface area contributed by atoms with E-state index in [1.807, 2.05) is 0 Å². The van der Waals surface area contributed by atoms with Gasteiger partial charge in [0, 0.05) is 27.3 Å². The fourth-order valence-electron chi connectivity index (χ4n) is 2.26. The van der Waals surface area contributed by atoms with Crippen LogP contribution >= 0.6 is 0 Å². The Morgan fingerprint density at radius 3 is 1.57 bits per heavy atom. The van der Waals surface area contributed by atoms with Gasteiger partial charge in [-0.3, -0.25) is 9.59 Å². The smallest absolute Gasteiger partial charge is 0.163 e. The summed E-state index contributed by atoms with van der Waals surface area (Å²) in [5.74, 6) is -0.0832. The van der Waals surface area contributed by atoms with E-state index in [-0.39, 0.29) is 56.8 Å². The molecule has 0 aliphatic heterocycles. The summed E-state index contributed by atoms with van der Waals surface area (Å²) in [4.78, 5) is 23.9. The first kappa shape index (κ1) is 23.4. The summed E-state index contributed by atoms with van der Waals surface area (Å²) in [5.41, 5.74) is 1.33. The molecule has 0 bridgehead atoms. The van der Waals surface area contributed by atoms with Crippen LogP contribution in [0.2, 0.25) is 0 Å². The van der Waals surface area contributed by atoms with Gasteiger partial charge in [-0.25, -0.2) is 0 Å². The first-order chi connectivity index (χ1) is 12.9. The molecule has 2 aromatic carbocycles. The van der Waals surface area contributed by atoms with Crippen molar-refractivity contribution in [3.05, 3.63) is 59.7 Å². The molecule has 0 fully saturated rings. The van der Waals surface area contributed by atoms with Crippen molar-refractivity contribution in [2.75, 3.05) is 14.2 Å². The van der Waals surface area contributed by atoms with Gasteiger partial charge in [0.15, 0.2) is 34.6 Å². The van der Waals surface area contributed by atoms with Crippen molar-refractivity contribution in [3.63, 3.8) is 0 Å². The van der Waals surface area contributed by atoms with Gasteiger partial charge in [0.05, 0.1) is 20.6 Å². The van der Waals surface area contributed by atoms with Crippen molar-refractivity contribution in [3.8, 4) is 23.0 Å². The summed E-state index contributed by atoms with van der Waals surface area (Å²) in [6, 6.07) is 9.34. The zero-order valence-corrected chi connectivity index (χ0v) is 19.8. The largest absolute Gasteiger partial charge is 0.504 e. The molecule has 6 nitrogen and oxygen atoms in total. The Balaban J connectivity index is 0.00000392. The Morgan fingerprint density at radius 2 is 1.21 bits per heavy atom. The number of aromatic hydroxyl groups is 2. The van der Waals surface area contributed by atoms with Gasteiger partial charge < -0.3 is 19.7 Å². The van der Waals surface area contributed by atoms with Gasteiger partial charge in [0.25, 0.3) is 0 Å². The number of rotatable bonds is 8. The summed E-state index contributed by atoms with van der Waals surface area (Å²) < 4.78 is 10.00. The number of ether oxygens (including phenoxy) is 2. The van der Waals surface area contributed by atoms with Crippen LogP contribution in [0.3, 0.4) is 0 Å². The van der Waals surface area contributed by atoms with E-state index < -0.39 is 0 Å². The molecule has 2 aromatic rings. The van der Waals surface area contributed by atoms with E-state index >= 15 is 0 Å². The number of benzene rings is 2. The van der Waals surface area contributed by atoms with Crippen LogP contribution in [-0.2, 0) is 36.9 Å². The molecule has 0 atom stereocenters. The van der Waals surface area contributed by atoms with Crippen LogP contribution in [0.4, 0.5) is 0 Å². The van der Waals surface area contributed by atoms with E-state index in [4.69, 9.17) is 9.47 Å². The maximum absolute atomic E-state index is 11.9. The molecule has 0 saturated carbocycles. The second kappa shape index (κ2) is 11.3. The zero-order valence-electron chi connectivity index (χ0n) is 15.7. The minimum Gasteiger partial charge on any atom is -0.504 e. The fraction of sp³-hybridized carbons (Fsp3) is 0.143. The molecule has 0 heterocycles. The summed E-state index contributed by atoms with van der Waals surface area (Å²) in [6.45, 7) is 0. The molecule has 28 heavy (non-hydrogen) atoms. The van der Waals surface area contributed by atoms with E-state index in [9.17, 15) is 19.8 Å². The number of ketones is 2. The van der Waals surface area contributed by atoms with E-state index in [1.165, 1.54) is 38.5 Å². The third-order valence-corrected chi connectivity index (χ3v) is 3.68. The molecule has 0 saturated heterocycles. The van der Waals surface area contributed by atoms with Gasteiger partial charge in [0.1, 0.15) is 0 Å². The van der Waals surface area contributed by atoms with Gasteiger partial charge in [-0.05, 0) is 47.5 Å². The summed E-state index contributed by atoms with van der Waals surface area (Å²) in [7, 11) is 2.87. The molecule has 7 heteroatoms. The van der Waals surface area contributed by atoms with Crippen molar-refractivity contribution in [2.45, 2.75) is 6.42 Å². The Labute approximate surface area is 183 Å². The number of phenols is 2. The van der Waals surface area contributed by atoms with Gasteiger partial charge >= 0.3 is 0 Å². The van der Waals surface area contributed by atoms with Crippen LogP contribution in [0.1, 0.15) is 17.5 Å². The Kier molecular flexibility index (Phi) is 9.43. The zero-order chi connectivity index (χ0) is 19.8. The maximum atomic E-state index is 11.9. The number of allylic oxidation sites excluding steroid dienone is 2.